The van der Waals surface area contributed by atoms with Crippen LogP contribution >= 0.6 is 0 Å². The fourth-order valence-electron chi connectivity index (χ4n) is 5.57. The maximum Gasteiger partial charge on any atom is 0.306 e. The lowest BCUT2D eigenvalue weighted by atomic mass is 10.1. The van der Waals surface area contributed by atoms with E-state index in [1.165, 1.54) is 57.8 Å². The van der Waals surface area contributed by atoms with Crippen molar-refractivity contribution in [3.63, 3.8) is 0 Å². The Morgan fingerprint density at radius 1 is 0.608 bits per heavy atom. The van der Waals surface area contributed by atoms with Crippen LogP contribution in [0.2, 0.25) is 0 Å². The Morgan fingerprint density at radius 3 is 1.69 bits per heavy atom. The second kappa shape index (κ2) is 34.4. The van der Waals surface area contributed by atoms with Gasteiger partial charge in [-0.2, -0.15) is 0 Å². The minimum atomic E-state index is -1.13. The second-order valence-electron chi connectivity index (χ2n) is 14.5. The number of quaternary nitrogens is 1. The largest absolute Gasteiger partial charge is 0.544 e. The van der Waals surface area contributed by atoms with Crippen LogP contribution in [0.1, 0.15) is 155 Å². The summed E-state index contributed by atoms with van der Waals surface area (Å²) in [6, 6.07) is -0.734. The molecule has 0 aliphatic rings. The molecule has 0 fully saturated rings. The van der Waals surface area contributed by atoms with Gasteiger partial charge in [0.15, 0.2) is 6.10 Å². The lowest BCUT2D eigenvalue weighted by molar-refractivity contribution is -0.889. The number of hydrogen-bond donors (Lipinski definition) is 0. The van der Waals surface area contributed by atoms with E-state index in [2.05, 4.69) is 56.4 Å². The van der Waals surface area contributed by atoms with Crippen LogP contribution in [0.25, 0.3) is 0 Å². The number of carboxylic acid groups (broad SMARTS) is 1. The van der Waals surface area contributed by atoms with Gasteiger partial charge in [0, 0.05) is 19.3 Å². The van der Waals surface area contributed by atoms with E-state index in [0.29, 0.717) is 12.8 Å². The molecule has 0 aromatic carbocycles. The number of nitrogens with zero attached hydrogens (tertiary/aromatic N) is 1. The standard InChI is InChI=1S/C43H75NO7/c1-6-8-10-12-14-16-18-20-22-24-26-28-30-32-34-42(46)51-39(37-49-36-35-40(43(47)48)44(3,4)5)38-50-41(45)33-31-29-27-25-23-21-19-17-15-13-11-9-7-2/h8,10,14,16,21,23,27,29,39-40H,6-7,9,11-13,15,17-20,22,24-26,28,30-38H2,1-5H3/b10-8+,16-14+,23-21+,29-27+. The normalized spacial score (nSPS) is 13.5. The van der Waals surface area contributed by atoms with Gasteiger partial charge in [-0.25, -0.2) is 0 Å². The van der Waals surface area contributed by atoms with Crippen molar-refractivity contribution in [3.8, 4) is 0 Å². The van der Waals surface area contributed by atoms with Crippen LogP contribution in [0.3, 0.4) is 0 Å². The Balaban J connectivity index is 4.49. The summed E-state index contributed by atoms with van der Waals surface area (Å²) in [4.78, 5) is 36.7. The summed E-state index contributed by atoms with van der Waals surface area (Å²) in [7, 11) is 5.38. The molecule has 0 heterocycles. The van der Waals surface area contributed by atoms with Crippen LogP contribution in [0.15, 0.2) is 48.6 Å². The average Bonchev–Trinajstić information content (AvgIpc) is 3.08. The van der Waals surface area contributed by atoms with Gasteiger partial charge in [-0.15, -0.1) is 0 Å². The summed E-state index contributed by atoms with van der Waals surface area (Å²) in [5.74, 6) is -1.84. The van der Waals surface area contributed by atoms with Crippen LogP contribution < -0.4 is 5.11 Å². The molecule has 0 N–H and O–H groups in total. The van der Waals surface area contributed by atoms with Crippen LogP contribution in [0, 0.1) is 0 Å². The number of ether oxygens (including phenoxy) is 3. The van der Waals surface area contributed by atoms with Crippen LogP contribution in [0.5, 0.6) is 0 Å². The first-order valence-electron chi connectivity index (χ1n) is 20.2. The third-order valence-corrected chi connectivity index (χ3v) is 8.71. The van der Waals surface area contributed by atoms with Gasteiger partial charge in [0.2, 0.25) is 0 Å². The summed E-state index contributed by atoms with van der Waals surface area (Å²) in [6.07, 6.45) is 38.6. The second-order valence-corrected chi connectivity index (χ2v) is 14.5. The molecule has 2 unspecified atom stereocenters. The first-order valence-corrected chi connectivity index (χ1v) is 20.2. The number of unbranched alkanes of at least 4 members (excludes halogenated alkanes) is 13. The van der Waals surface area contributed by atoms with Gasteiger partial charge in [0.25, 0.3) is 0 Å². The van der Waals surface area contributed by atoms with Crippen LogP contribution in [0.4, 0.5) is 0 Å². The quantitative estimate of drug-likeness (QED) is 0.0279. The number of aliphatic carboxylic acids is 1. The lowest BCUT2D eigenvalue weighted by Crippen LogP contribution is -2.55. The fourth-order valence-corrected chi connectivity index (χ4v) is 5.57. The maximum atomic E-state index is 12.7. The van der Waals surface area contributed by atoms with E-state index < -0.39 is 18.1 Å². The van der Waals surface area contributed by atoms with Gasteiger partial charge in [-0.3, -0.25) is 9.59 Å². The van der Waals surface area contributed by atoms with E-state index in [1.807, 2.05) is 6.08 Å². The molecule has 0 aromatic rings. The molecule has 0 rings (SSSR count). The molecule has 0 amide bonds. The minimum Gasteiger partial charge on any atom is -0.544 e. The van der Waals surface area contributed by atoms with Crippen molar-refractivity contribution in [3.05, 3.63) is 48.6 Å². The zero-order valence-electron chi connectivity index (χ0n) is 33.3. The van der Waals surface area contributed by atoms with E-state index in [4.69, 9.17) is 14.2 Å². The molecular weight excluding hydrogens is 642 g/mol. The Bertz CT molecular complexity index is 979. The number of hydrogen-bond acceptors (Lipinski definition) is 7. The highest BCUT2D eigenvalue weighted by molar-refractivity contribution is 5.70. The van der Waals surface area contributed by atoms with Gasteiger partial charge in [0.1, 0.15) is 12.6 Å². The first kappa shape index (κ1) is 48.3. The van der Waals surface area contributed by atoms with Gasteiger partial charge in [-0.05, 0) is 57.8 Å². The molecule has 294 valence electrons. The van der Waals surface area contributed by atoms with Gasteiger partial charge < -0.3 is 28.6 Å². The topological polar surface area (TPSA) is 102 Å². The molecule has 0 aliphatic heterocycles. The van der Waals surface area contributed by atoms with Crippen molar-refractivity contribution in [2.75, 3.05) is 41.0 Å². The van der Waals surface area contributed by atoms with E-state index >= 15 is 0 Å². The SMILES string of the molecule is CC/C=C/C/C=C/CCCCCCCCCC(=O)OC(COCCC(C(=O)[O-])[N+](C)(C)C)COC(=O)CC/C=C/C/C=C/CCCCCCCC. The van der Waals surface area contributed by atoms with Crippen LogP contribution in [-0.4, -0.2) is 75.5 Å². The number of rotatable bonds is 35. The molecule has 0 radical (unpaired) electrons. The third-order valence-electron chi connectivity index (χ3n) is 8.71. The van der Waals surface area contributed by atoms with Crippen molar-refractivity contribution < 1.29 is 38.2 Å². The van der Waals surface area contributed by atoms with E-state index in [-0.39, 0.29) is 49.1 Å². The third kappa shape index (κ3) is 32.9. The number of carboxylic acids is 1. The Morgan fingerprint density at radius 2 is 1.14 bits per heavy atom. The highest BCUT2D eigenvalue weighted by Gasteiger charge is 2.25. The predicted octanol–water partition coefficient (Wildman–Crippen LogP) is 9.13. The zero-order valence-corrected chi connectivity index (χ0v) is 33.3. The first-order chi connectivity index (χ1) is 24.6. The summed E-state index contributed by atoms with van der Waals surface area (Å²) < 4.78 is 17.0. The Kier molecular flexibility index (Phi) is 32.6. The predicted molar refractivity (Wildman–Crippen MR) is 208 cm³/mol. The molecule has 8 nitrogen and oxygen atoms in total. The van der Waals surface area contributed by atoms with Crippen molar-refractivity contribution in [2.24, 2.45) is 0 Å². The molecule has 8 heteroatoms. The van der Waals surface area contributed by atoms with E-state index in [9.17, 15) is 19.5 Å². The number of esters is 2. The molecular formula is C43H75NO7. The zero-order chi connectivity index (χ0) is 37.8. The van der Waals surface area contributed by atoms with E-state index in [0.717, 1.165) is 57.8 Å². The Hall–Kier alpha value is -2.71. The summed E-state index contributed by atoms with van der Waals surface area (Å²) in [5.41, 5.74) is 0. The van der Waals surface area contributed by atoms with Crippen LogP contribution in [-0.2, 0) is 28.6 Å². The molecule has 2 atom stereocenters. The average molecular weight is 718 g/mol. The summed E-state index contributed by atoms with van der Waals surface area (Å²) in [5, 5.41) is 11.6. The van der Waals surface area contributed by atoms with Gasteiger partial charge in [0.05, 0.1) is 40.3 Å². The number of carbonyl (C=O) groups excluding carboxylic acids is 3. The van der Waals surface area contributed by atoms with Crippen molar-refractivity contribution >= 4 is 17.9 Å². The number of likely N-dealkylation sites (N-methyl/N-ethyl adjacent to an activating group) is 1. The summed E-state index contributed by atoms with van der Waals surface area (Å²) >= 11 is 0. The monoisotopic (exact) mass is 718 g/mol. The molecule has 0 aromatic heterocycles. The molecule has 0 bridgehead atoms. The minimum absolute atomic E-state index is 0.0194. The lowest BCUT2D eigenvalue weighted by Gasteiger charge is -2.34. The highest BCUT2D eigenvalue weighted by Crippen LogP contribution is 2.13. The fraction of sp³-hybridized carbons (Fsp3) is 0.744. The van der Waals surface area contributed by atoms with E-state index in [1.54, 1.807) is 21.1 Å². The smallest absolute Gasteiger partial charge is 0.306 e. The van der Waals surface area contributed by atoms with Gasteiger partial charge in [-0.1, -0.05) is 127 Å². The maximum absolute atomic E-state index is 12.7. The molecule has 0 saturated carbocycles. The summed E-state index contributed by atoms with van der Waals surface area (Å²) in [6.45, 7) is 4.46. The number of carbonyl (C=O) groups is 3. The number of allylic oxidation sites excluding steroid dienone is 8. The van der Waals surface area contributed by atoms with Crippen molar-refractivity contribution in [1.29, 1.82) is 0 Å². The van der Waals surface area contributed by atoms with Gasteiger partial charge >= 0.3 is 11.9 Å². The molecule has 0 spiro atoms. The molecule has 0 aliphatic carbocycles. The molecule has 51 heavy (non-hydrogen) atoms. The van der Waals surface area contributed by atoms with Crippen molar-refractivity contribution in [1.82, 2.24) is 0 Å². The highest BCUT2D eigenvalue weighted by atomic mass is 16.6. The van der Waals surface area contributed by atoms with Crippen molar-refractivity contribution in [2.45, 2.75) is 167 Å². The molecule has 0 saturated heterocycles. The Labute approximate surface area is 312 Å².